The van der Waals surface area contributed by atoms with Gasteiger partial charge in [-0.2, -0.15) is 0 Å². The van der Waals surface area contributed by atoms with Crippen LogP contribution in [0.2, 0.25) is 0 Å². The van der Waals surface area contributed by atoms with Crippen LogP contribution in [0.25, 0.3) is 17.0 Å². The summed E-state index contributed by atoms with van der Waals surface area (Å²) < 4.78 is 10.1. The van der Waals surface area contributed by atoms with Gasteiger partial charge in [-0.15, -0.1) is 0 Å². The summed E-state index contributed by atoms with van der Waals surface area (Å²) in [6.45, 7) is 9.73. The third kappa shape index (κ3) is 6.98. The fraction of sp³-hybridized carbons (Fsp3) is 0.435. The summed E-state index contributed by atoms with van der Waals surface area (Å²) in [5.41, 5.74) is 1.43. The molecule has 1 aromatic heterocycles. The van der Waals surface area contributed by atoms with Crippen molar-refractivity contribution in [2.24, 2.45) is 5.41 Å². The molecule has 1 aromatic carbocycles. The first-order valence-electron chi connectivity index (χ1n) is 9.60. The molecule has 0 fully saturated rings. The highest BCUT2D eigenvalue weighted by Gasteiger charge is 2.25. The van der Waals surface area contributed by atoms with Crippen molar-refractivity contribution in [3.8, 4) is 0 Å². The Balaban J connectivity index is 2.07. The van der Waals surface area contributed by atoms with Crippen LogP contribution in [-0.4, -0.2) is 36.2 Å². The molecular formula is C23H30N2O4. The molecule has 29 heavy (non-hydrogen) atoms. The first kappa shape index (κ1) is 22.6. The maximum Gasteiger partial charge on any atom is 0.320 e. The second kappa shape index (κ2) is 9.18. The molecule has 2 rings (SSSR count). The molecule has 2 aromatic rings. The summed E-state index contributed by atoms with van der Waals surface area (Å²) in [5.74, 6) is -0.579. The normalized spacial score (nSPS) is 12.3. The molecular weight excluding hydrogens is 368 g/mol. The topological polar surface area (TPSA) is 77.5 Å². The van der Waals surface area contributed by atoms with Gasteiger partial charge < -0.3 is 14.8 Å². The lowest BCUT2D eigenvalue weighted by Crippen LogP contribution is -2.31. The summed E-state index contributed by atoms with van der Waals surface area (Å²) in [5, 5.41) is 4.08. The Morgan fingerprint density at radius 2 is 1.79 bits per heavy atom. The van der Waals surface area contributed by atoms with E-state index in [9.17, 15) is 9.59 Å². The Hall–Kier alpha value is -2.73. The third-order valence-electron chi connectivity index (χ3n) is 4.17. The molecule has 0 amide bonds. The van der Waals surface area contributed by atoms with Gasteiger partial charge in [-0.1, -0.05) is 30.4 Å². The van der Waals surface area contributed by atoms with Crippen LogP contribution in [0.1, 0.15) is 45.9 Å². The van der Waals surface area contributed by atoms with Gasteiger partial charge in [-0.3, -0.25) is 14.6 Å². The number of rotatable bonds is 7. The van der Waals surface area contributed by atoms with Gasteiger partial charge in [0.1, 0.15) is 5.60 Å². The van der Waals surface area contributed by atoms with Gasteiger partial charge in [-0.05, 0) is 52.3 Å². The van der Waals surface area contributed by atoms with Gasteiger partial charge in [-0.25, -0.2) is 0 Å². The van der Waals surface area contributed by atoms with Crippen LogP contribution in [0.3, 0.4) is 0 Å². The van der Waals surface area contributed by atoms with E-state index < -0.39 is 11.0 Å². The zero-order valence-corrected chi connectivity index (χ0v) is 18.0. The van der Waals surface area contributed by atoms with Crippen molar-refractivity contribution in [1.29, 1.82) is 0 Å². The van der Waals surface area contributed by atoms with Crippen LogP contribution >= 0.6 is 0 Å². The molecule has 0 atom stereocenters. The minimum atomic E-state index is -0.704. The molecule has 1 N–H and O–H groups in total. The quantitative estimate of drug-likeness (QED) is 0.713. The summed E-state index contributed by atoms with van der Waals surface area (Å²) >= 11 is 0. The number of methoxy groups -OCH3 is 1. The summed E-state index contributed by atoms with van der Waals surface area (Å²) in [6, 6.07) is 9.87. The Labute approximate surface area is 172 Å². The molecule has 0 bridgehead atoms. The number of ether oxygens (including phenoxy) is 2. The van der Waals surface area contributed by atoms with Gasteiger partial charge in [0.25, 0.3) is 0 Å². The highest BCUT2D eigenvalue weighted by Crippen LogP contribution is 2.22. The van der Waals surface area contributed by atoms with Crippen molar-refractivity contribution >= 4 is 28.9 Å². The second-order valence-electron chi connectivity index (χ2n) is 8.49. The molecule has 0 aliphatic carbocycles. The van der Waals surface area contributed by atoms with Crippen LogP contribution in [0.15, 0.2) is 36.4 Å². The fourth-order valence-electron chi connectivity index (χ4n) is 2.68. The Morgan fingerprint density at radius 3 is 2.45 bits per heavy atom. The van der Waals surface area contributed by atoms with Crippen LogP contribution in [0, 0.1) is 5.41 Å². The van der Waals surface area contributed by atoms with E-state index in [2.05, 4.69) is 10.3 Å². The molecule has 156 valence electrons. The minimum Gasteiger partial charge on any atom is -0.468 e. The zero-order valence-electron chi connectivity index (χ0n) is 18.0. The van der Waals surface area contributed by atoms with Crippen molar-refractivity contribution < 1.29 is 19.1 Å². The fourth-order valence-corrected chi connectivity index (χ4v) is 2.68. The average molecular weight is 399 g/mol. The van der Waals surface area contributed by atoms with Gasteiger partial charge in [0.15, 0.2) is 0 Å². The average Bonchev–Trinajstić information content (AvgIpc) is 2.64. The standard InChI is InChI=1S/C23H30N2O4/c1-22(2,3)29-20(26)15-24-14-18-10-9-17-8-7-16(13-19(17)25-18)11-12-23(4,5)21(27)28-6/h7-13,24H,14-15H2,1-6H3/b12-11+. The van der Waals surface area contributed by atoms with E-state index >= 15 is 0 Å². The predicted molar refractivity (Wildman–Crippen MR) is 114 cm³/mol. The maximum atomic E-state index is 11.8. The monoisotopic (exact) mass is 398 g/mol. The summed E-state index contributed by atoms with van der Waals surface area (Å²) in [4.78, 5) is 28.3. The van der Waals surface area contributed by atoms with Crippen molar-refractivity contribution in [2.45, 2.75) is 46.8 Å². The largest absolute Gasteiger partial charge is 0.468 e. The molecule has 0 unspecified atom stereocenters. The van der Waals surface area contributed by atoms with E-state index in [0.29, 0.717) is 6.54 Å². The second-order valence-corrected chi connectivity index (χ2v) is 8.49. The van der Waals surface area contributed by atoms with Crippen molar-refractivity contribution in [3.05, 3.63) is 47.7 Å². The van der Waals surface area contributed by atoms with E-state index in [-0.39, 0.29) is 18.5 Å². The lowest BCUT2D eigenvalue weighted by molar-refractivity contribution is -0.153. The van der Waals surface area contributed by atoms with Gasteiger partial charge >= 0.3 is 11.9 Å². The number of nitrogens with one attached hydrogen (secondary N) is 1. The number of hydrogen-bond acceptors (Lipinski definition) is 6. The molecule has 0 saturated heterocycles. The van der Waals surface area contributed by atoms with Crippen molar-refractivity contribution in [1.82, 2.24) is 10.3 Å². The van der Waals surface area contributed by atoms with E-state index in [1.54, 1.807) is 0 Å². The van der Waals surface area contributed by atoms with Crippen LogP contribution in [0.4, 0.5) is 0 Å². The highest BCUT2D eigenvalue weighted by atomic mass is 16.6. The first-order valence-corrected chi connectivity index (χ1v) is 9.60. The molecule has 0 saturated carbocycles. The Bertz CT molecular complexity index is 911. The van der Waals surface area contributed by atoms with Crippen LogP contribution < -0.4 is 5.32 Å². The van der Waals surface area contributed by atoms with Gasteiger partial charge in [0, 0.05) is 11.9 Å². The van der Waals surface area contributed by atoms with Gasteiger partial charge in [0.05, 0.1) is 30.3 Å². The Kier molecular flexibility index (Phi) is 7.14. The number of nitrogens with zero attached hydrogens (tertiary/aromatic N) is 1. The van der Waals surface area contributed by atoms with E-state index in [4.69, 9.17) is 9.47 Å². The highest BCUT2D eigenvalue weighted by molar-refractivity contribution is 5.83. The van der Waals surface area contributed by atoms with Crippen molar-refractivity contribution in [3.63, 3.8) is 0 Å². The Morgan fingerprint density at radius 1 is 1.10 bits per heavy atom. The van der Waals surface area contributed by atoms with E-state index in [1.807, 2.05) is 77.1 Å². The first-order chi connectivity index (χ1) is 13.5. The lowest BCUT2D eigenvalue weighted by atomic mass is 9.92. The number of carbonyl (C=O) groups is 2. The number of fused-ring (bicyclic) bond motifs is 1. The molecule has 1 heterocycles. The maximum absolute atomic E-state index is 11.8. The van der Waals surface area contributed by atoms with Crippen molar-refractivity contribution in [2.75, 3.05) is 13.7 Å². The predicted octanol–water partition coefficient (Wildman–Crippen LogP) is 3.88. The number of carbonyl (C=O) groups excluding carboxylic acids is 2. The molecule has 0 spiro atoms. The van der Waals surface area contributed by atoms with Gasteiger partial charge in [0.2, 0.25) is 0 Å². The molecule has 6 nitrogen and oxygen atoms in total. The molecule has 6 heteroatoms. The number of esters is 2. The minimum absolute atomic E-state index is 0.127. The van der Waals surface area contributed by atoms with E-state index in [0.717, 1.165) is 22.2 Å². The SMILES string of the molecule is COC(=O)C(C)(C)/C=C/c1ccc2ccc(CNCC(=O)OC(C)(C)C)nc2c1. The van der Waals surface area contributed by atoms with Crippen LogP contribution in [-0.2, 0) is 25.6 Å². The molecule has 0 radical (unpaired) electrons. The molecule has 0 aliphatic heterocycles. The third-order valence-corrected chi connectivity index (χ3v) is 4.17. The smallest absolute Gasteiger partial charge is 0.320 e. The van der Waals surface area contributed by atoms with E-state index in [1.165, 1.54) is 7.11 Å². The molecule has 0 aliphatic rings. The number of hydrogen-bond donors (Lipinski definition) is 1. The number of pyridine rings is 1. The number of benzene rings is 1. The summed E-state index contributed by atoms with van der Waals surface area (Å²) in [7, 11) is 1.39. The van der Waals surface area contributed by atoms with Crippen LogP contribution in [0.5, 0.6) is 0 Å². The number of aromatic nitrogens is 1. The summed E-state index contributed by atoms with van der Waals surface area (Å²) in [6.07, 6.45) is 3.72. The zero-order chi connectivity index (χ0) is 21.7. The lowest BCUT2D eigenvalue weighted by Gasteiger charge is -2.19.